The van der Waals surface area contributed by atoms with Crippen LogP contribution in [0.15, 0.2) is 42.5 Å². The summed E-state index contributed by atoms with van der Waals surface area (Å²) in [6.07, 6.45) is 0. The molecule has 3 nitrogen and oxygen atoms in total. The molecule has 0 radical (unpaired) electrons. The fraction of sp³-hybridized carbons (Fsp3) is 0.188. The molecule has 0 fully saturated rings. The van der Waals surface area contributed by atoms with E-state index < -0.39 is 5.82 Å². The van der Waals surface area contributed by atoms with Gasteiger partial charge in [-0.3, -0.25) is 4.79 Å². The molecular formula is C16H14ClFO3. The third-order valence-corrected chi connectivity index (χ3v) is 3.05. The van der Waals surface area contributed by atoms with Gasteiger partial charge in [0.15, 0.2) is 6.61 Å². The molecule has 0 aliphatic carbocycles. The number of Topliss-reactive ketones (excluding diaryl/α,β-unsaturated/α-hetero) is 1. The van der Waals surface area contributed by atoms with E-state index in [-0.39, 0.29) is 23.2 Å². The van der Waals surface area contributed by atoms with Gasteiger partial charge in [-0.15, -0.1) is 0 Å². The van der Waals surface area contributed by atoms with Crippen molar-refractivity contribution in [3.05, 3.63) is 58.9 Å². The van der Waals surface area contributed by atoms with Gasteiger partial charge in [0.1, 0.15) is 17.3 Å². The Labute approximate surface area is 127 Å². The monoisotopic (exact) mass is 308 g/mol. The van der Waals surface area contributed by atoms with Crippen LogP contribution in [0.25, 0.3) is 0 Å². The number of ketones is 1. The zero-order chi connectivity index (χ0) is 15.2. The first-order valence-electron chi connectivity index (χ1n) is 6.44. The zero-order valence-corrected chi connectivity index (χ0v) is 12.2. The minimum absolute atomic E-state index is 0.00960. The molecule has 110 valence electrons. The van der Waals surface area contributed by atoms with Gasteiger partial charge < -0.3 is 9.47 Å². The maximum atomic E-state index is 13.3. The standard InChI is InChI=1S/C16H14ClFO3/c1-2-20-16-6-4-3-5-12(16)15(19)10-21-11-7-8-13(17)14(18)9-11/h3-9H,2,10H2,1H3. The molecule has 0 aliphatic heterocycles. The van der Waals surface area contributed by atoms with Gasteiger partial charge >= 0.3 is 0 Å². The summed E-state index contributed by atoms with van der Waals surface area (Å²) in [4.78, 5) is 12.1. The van der Waals surface area contributed by atoms with Crippen molar-refractivity contribution in [2.75, 3.05) is 13.2 Å². The highest BCUT2D eigenvalue weighted by Gasteiger charge is 2.13. The van der Waals surface area contributed by atoms with Crippen molar-refractivity contribution in [2.24, 2.45) is 0 Å². The van der Waals surface area contributed by atoms with E-state index in [0.29, 0.717) is 17.9 Å². The lowest BCUT2D eigenvalue weighted by atomic mass is 10.1. The summed E-state index contributed by atoms with van der Waals surface area (Å²) in [5.41, 5.74) is 0.439. The minimum atomic E-state index is -0.587. The number of hydrogen-bond acceptors (Lipinski definition) is 3. The van der Waals surface area contributed by atoms with Gasteiger partial charge in [0.05, 0.1) is 17.2 Å². The molecule has 0 bridgehead atoms. The fourth-order valence-corrected chi connectivity index (χ4v) is 1.89. The first-order valence-corrected chi connectivity index (χ1v) is 6.82. The molecular weight excluding hydrogens is 295 g/mol. The summed E-state index contributed by atoms with van der Waals surface area (Å²) in [5.74, 6) is -0.0687. The Kier molecular flexibility index (Phi) is 5.17. The van der Waals surface area contributed by atoms with Crippen molar-refractivity contribution in [2.45, 2.75) is 6.92 Å². The second kappa shape index (κ2) is 7.09. The number of rotatable bonds is 6. The highest BCUT2D eigenvalue weighted by Crippen LogP contribution is 2.22. The SMILES string of the molecule is CCOc1ccccc1C(=O)COc1ccc(Cl)c(F)c1. The molecule has 2 aromatic carbocycles. The van der Waals surface area contributed by atoms with Gasteiger partial charge in [0.25, 0.3) is 0 Å². The molecule has 21 heavy (non-hydrogen) atoms. The van der Waals surface area contributed by atoms with E-state index in [4.69, 9.17) is 21.1 Å². The molecule has 0 aliphatic rings. The van der Waals surface area contributed by atoms with Gasteiger partial charge in [-0.05, 0) is 31.2 Å². The highest BCUT2D eigenvalue weighted by atomic mass is 35.5. The third kappa shape index (κ3) is 3.95. The molecule has 5 heteroatoms. The number of carbonyl (C=O) groups excluding carboxylic acids is 1. The van der Waals surface area contributed by atoms with Crippen molar-refractivity contribution >= 4 is 17.4 Å². The second-order valence-corrected chi connectivity index (χ2v) is 4.62. The molecule has 2 aromatic rings. The smallest absolute Gasteiger partial charge is 0.203 e. The number of carbonyl (C=O) groups is 1. The third-order valence-electron chi connectivity index (χ3n) is 2.75. The molecule has 2 rings (SSSR count). The van der Waals surface area contributed by atoms with Crippen molar-refractivity contribution in [1.29, 1.82) is 0 Å². The van der Waals surface area contributed by atoms with Crippen LogP contribution >= 0.6 is 11.6 Å². The topological polar surface area (TPSA) is 35.5 Å². The van der Waals surface area contributed by atoms with Crippen molar-refractivity contribution < 1.29 is 18.7 Å². The predicted molar refractivity (Wildman–Crippen MR) is 78.8 cm³/mol. The van der Waals surface area contributed by atoms with Crippen LogP contribution in [0.3, 0.4) is 0 Å². The molecule has 0 unspecified atom stereocenters. The first-order chi connectivity index (χ1) is 10.1. The average molecular weight is 309 g/mol. The van der Waals surface area contributed by atoms with Crippen LogP contribution in [-0.4, -0.2) is 19.0 Å². The van der Waals surface area contributed by atoms with Crippen LogP contribution in [0.5, 0.6) is 11.5 Å². The van der Waals surface area contributed by atoms with Crippen molar-refractivity contribution in [3.63, 3.8) is 0 Å². The molecule has 0 heterocycles. The zero-order valence-electron chi connectivity index (χ0n) is 11.4. The Morgan fingerprint density at radius 3 is 2.67 bits per heavy atom. The Balaban J connectivity index is 2.06. The van der Waals surface area contributed by atoms with Gasteiger partial charge in [0, 0.05) is 6.07 Å². The summed E-state index contributed by atoms with van der Waals surface area (Å²) >= 11 is 5.58. The summed E-state index contributed by atoms with van der Waals surface area (Å²) in [6.45, 7) is 2.10. The van der Waals surface area contributed by atoms with Crippen molar-refractivity contribution in [1.82, 2.24) is 0 Å². The Hall–Kier alpha value is -2.07. The summed E-state index contributed by atoms with van der Waals surface area (Å²) in [5, 5.41) is 0.00960. The van der Waals surface area contributed by atoms with Crippen LogP contribution in [0.1, 0.15) is 17.3 Å². The van der Waals surface area contributed by atoms with E-state index in [1.54, 1.807) is 24.3 Å². The first kappa shape index (κ1) is 15.3. The molecule has 0 aromatic heterocycles. The second-order valence-electron chi connectivity index (χ2n) is 4.22. The van der Waals surface area contributed by atoms with Crippen LogP contribution < -0.4 is 9.47 Å². The molecule has 0 saturated heterocycles. The van der Waals surface area contributed by atoms with E-state index in [1.807, 2.05) is 6.92 Å². The highest BCUT2D eigenvalue weighted by molar-refractivity contribution is 6.30. The van der Waals surface area contributed by atoms with Gasteiger partial charge in [-0.25, -0.2) is 4.39 Å². The Morgan fingerprint density at radius 2 is 1.95 bits per heavy atom. The Bertz CT molecular complexity index is 643. The van der Waals surface area contributed by atoms with E-state index >= 15 is 0 Å². The quantitative estimate of drug-likeness (QED) is 0.752. The van der Waals surface area contributed by atoms with Gasteiger partial charge in [-0.1, -0.05) is 23.7 Å². The lowest BCUT2D eigenvalue weighted by Crippen LogP contribution is -2.13. The summed E-state index contributed by atoms with van der Waals surface area (Å²) < 4.78 is 24.0. The summed E-state index contributed by atoms with van der Waals surface area (Å²) in [7, 11) is 0. The van der Waals surface area contributed by atoms with E-state index in [2.05, 4.69) is 0 Å². The van der Waals surface area contributed by atoms with E-state index in [9.17, 15) is 9.18 Å². The summed E-state index contributed by atoms with van der Waals surface area (Å²) in [6, 6.07) is 11.0. The number of benzene rings is 2. The Morgan fingerprint density at radius 1 is 1.19 bits per heavy atom. The van der Waals surface area contributed by atoms with Crippen LogP contribution in [0, 0.1) is 5.82 Å². The molecule has 0 spiro atoms. The molecule has 0 amide bonds. The van der Waals surface area contributed by atoms with E-state index in [0.717, 1.165) is 6.07 Å². The average Bonchev–Trinajstić information content (AvgIpc) is 2.49. The van der Waals surface area contributed by atoms with Gasteiger partial charge in [-0.2, -0.15) is 0 Å². The van der Waals surface area contributed by atoms with Crippen LogP contribution in [0.4, 0.5) is 4.39 Å². The molecule has 0 saturated carbocycles. The lowest BCUT2D eigenvalue weighted by molar-refractivity contribution is 0.0917. The normalized spacial score (nSPS) is 10.2. The van der Waals surface area contributed by atoms with Gasteiger partial charge in [0.2, 0.25) is 5.78 Å². The number of halogens is 2. The number of hydrogen-bond donors (Lipinski definition) is 0. The fourth-order valence-electron chi connectivity index (χ4n) is 1.77. The largest absolute Gasteiger partial charge is 0.493 e. The molecule has 0 N–H and O–H groups in total. The predicted octanol–water partition coefficient (Wildman–Crippen LogP) is 4.14. The van der Waals surface area contributed by atoms with E-state index in [1.165, 1.54) is 12.1 Å². The number of para-hydroxylation sites is 1. The maximum absolute atomic E-state index is 13.3. The van der Waals surface area contributed by atoms with Crippen LogP contribution in [-0.2, 0) is 0 Å². The minimum Gasteiger partial charge on any atom is -0.493 e. The number of ether oxygens (including phenoxy) is 2. The maximum Gasteiger partial charge on any atom is 0.203 e. The van der Waals surface area contributed by atoms with Crippen molar-refractivity contribution in [3.8, 4) is 11.5 Å². The molecule has 0 atom stereocenters. The van der Waals surface area contributed by atoms with Crippen LogP contribution in [0.2, 0.25) is 5.02 Å². The lowest BCUT2D eigenvalue weighted by Gasteiger charge is -2.10.